The van der Waals surface area contributed by atoms with Gasteiger partial charge in [0.25, 0.3) is 0 Å². The van der Waals surface area contributed by atoms with Crippen LogP contribution < -0.4 is 0 Å². The van der Waals surface area contributed by atoms with Gasteiger partial charge in [0.2, 0.25) is 22.8 Å². The predicted molar refractivity (Wildman–Crippen MR) is 565 cm³/mol. The summed E-state index contributed by atoms with van der Waals surface area (Å²) < 4.78 is 27.9. The van der Waals surface area contributed by atoms with Crippen molar-refractivity contribution < 1.29 is 28.1 Å². The van der Waals surface area contributed by atoms with Gasteiger partial charge in [0.1, 0.15) is 11.6 Å². The topological polar surface area (TPSA) is 209 Å². The van der Waals surface area contributed by atoms with Gasteiger partial charge in [-0.25, -0.2) is 42.5 Å². The first-order chi connectivity index (χ1) is 70.8. The third kappa shape index (κ3) is 16.3. The Kier molecular flexibility index (Phi) is 24.9. The second-order valence-electron chi connectivity index (χ2n) is 40.5. The van der Waals surface area contributed by atoms with E-state index in [-0.39, 0.29) is 99.1 Å². The molecule has 12 atom stereocenters. The van der Waals surface area contributed by atoms with Crippen LogP contribution in [0.3, 0.4) is 0 Å². The van der Waals surface area contributed by atoms with E-state index in [0.29, 0.717) is 5.56 Å². The number of benzene rings is 9. The molecule has 7 heterocycles. The number of hydrogen-bond donors (Lipinski definition) is 0. The quantitative estimate of drug-likeness (QED) is 0.105. The highest BCUT2D eigenvalue weighted by Crippen LogP contribution is 2.58. The van der Waals surface area contributed by atoms with Crippen molar-refractivity contribution in [2.45, 2.75) is 142 Å². The summed E-state index contributed by atoms with van der Waals surface area (Å²) in [5.74, 6) is -0.0577. The van der Waals surface area contributed by atoms with Gasteiger partial charge >= 0.3 is 0 Å². The molecular formula is C125H106FN15O5. The van der Waals surface area contributed by atoms with Crippen molar-refractivity contribution in [1.82, 2.24) is 54.2 Å². The number of fused-ring (bicyclic) bond motifs is 12. The molecule has 21 heteroatoms. The second-order valence-corrected chi connectivity index (χ2v) is 40.5. The molecule has 0 radical (unpaired) electrons. The number of ketones is 4. The average molecular weight is 1920 g/mol. The maximum Gasteiger partial charge on any atom is 0.226 e. The van der Waals surface area contributed by atoms with Crippen LogP contribution in [-0.2, 0) is 66.5 Å². The lowest BCUT2D eigenvalue weighted by Gasteiger charge is -2.45. The lowest BCUT2D eigenvalue weighted by Crippen LogP contribution is -2.46. The van der Waals surface area contributed by atoms with Gasteiger partial charge in [-0.15, -0.1) is 0 Å². The molecule has 8 aliphatic carbocycles. The summed E-state index contributed by atoms with van der Waals surface area (Å²) in [5, 5.41) is 24.8. The van der Waals surface area contributed by atoms with Crippen molar-refractivity contribution in [3.05, 3.63) is 447 Å². The van der Waals surface area contributed by atoms with Gasteiger partial charge in [0.05, 0.1) is 100 Å². The summed E-state index contributed by atoms with van der Waals surface area (Å²) >= 11 is 0. The zero-order valence-corrected chi connectivity index (χ0v) is 82.9. The fourth-order valence-electron chi connectivity index (χ4n) is 25.1. The van der Waals surface area contributed by atoms with Crippen LogP contribution in [0.1, 0.15) is 138 Å². The monoisotopic (exact) mass is 1920 g/mol. The number of allylic oxidation sites excluding steroid dienone is 8. The number of pyridine rings is 2. The van der Waals surface area contributed by atoms with Crippen LogP contribution in [0.5, 0.6) is 0 Å². The van der Waals surface area contributed by atoms with Crippen molar-refractivity contribution in [2.24, 2.45) is 47.3 Å². The second kappa shape index (κ2) is 38.3. The van der Waals surface area contributed by atoms with E-state index in [9.17, 15) is 23.6 Å². The first-order valence-electron chi connectivity index (χ1n) is 50.0. The normalized spacial score (nSPS) is 22.7. The summed E-state index contributed by atoms with van der Waals surface area (Å²) in [7, 11) is 0. The Balaban J connectivity index is 0.000000114. The average Bonchev–Trinajstić information content (AvgIpc) is 1.52. The smallest absolute Gasteiger partial charge is 0.226 e. The van der Waals surface area contributed by atoms with E-state index in [0.717, 1.165) is 198 Å². The Morgan fingerprint density at radius 2 is 0.603 bits per heavy atom. The molecule has 24 rings (SSSR count). The van der Waals surface area contributed by atoms with Crippen molar-refractivity contribution in [3.63, 3.8) is 0 Å². The zero-order chi connectivity index (χ0) is 101. The van der Waals surface area contributed by atoms with Gasteiger partial charge in [-0.1, -0.05) is 279 Å². The van der Waals surface area contributed by atoms with E-state index >= 15 is 0 Å². The Labute approximate surface area is 848 Å². The molecule has 0 bridgehead atoms. The zero-order valence-electron chi connectivity index (χ0n) is 82.9. The number of carbonyl (C=O) groups is 4. The van der Waals surface area contributed by atoms with Crippen molar-refractivity contribution in [2.75, 3.05) is 0 Å². The van der Waals surface area contributed by atoms with E-state index in [1.165, 1.54) is 22.8 Å². The molecule has 0 N–H and O–H groups in total. The fourth-order valence-corrected chi connectivity index (χ4v) is 25.1. The molecule has 16 aromatic rings. The molecule has 0 spiro atoms. The Bertz CT molecular complexity index is 7920. The van der Waals surface area contributed by atoms with Crippen LogP contribution in [0.25, 0.3) is 132 Å². The summed E-state index contributed by atoms with van der Waals surface area (Å²) in [6.07, 6.45) is 21.8. The minimum Gasteiger partial charge on any atom is -0.361 e. The molecule has 146 heavy (non-hydrogen) atoms. The number of rotatable bonds is 12. The number of carbonyl (C=O) groups excluding carboxylic acids is 4. The maximum absolute atomic E-state index is 14.4. The standard InChI is InChI=1S/C32H26FN3O.C31H28N4O2.2C31H26N4O/c1-20-26-18-17-25-29(22-9-5-4-6-10-22)35-36(31(25)32(26,2)19-28(34-3)30(20)37)23-15-13-21(14-16-23)24-11-7-8-12-27(24)33;1-18-25-16-15-24-28(22-9-7-6-8-10-22)33-35(30(24)31(25,4)17-26(32-5)29(18)36)23-13-11-21(12-14-23)27-19(2)34-37-20(27)3;1-20-26-16-15-25-28(22-8-5-4-6-9-22)34-35(30(25)31(26,2)18-27(32-3)29(20)36)24-13-11-21(12-14-24)23-10-7-17-33-19-23;1-20-26-14-13-25-28(23-7-5-4-6-8-23)34-35(30(25)31(26,2)19-27(32-3)29(20)36)24-11-9-21(10-12-24)22-15-17-33-18-16-22/h4-16,19-20,26H,17-18H2,1-2H3;6-14,17-18,25H,15-16H2,1-4H3;4-14,17-20,26H,15-16H2,1-2H3;4-12,15-20,26H,13-14H2,1-2H3/t20-,26-,32-;18-,25-,31-;2*20-,26-,31-/m1111/s1. The molecule has 8 aliphatic rings. The lowest BCUT2D eigenvalue weighted by atomic mass is 9.58. The Morgan fingerprint density at radius 1 is 0.322 bits per heavy atom. The molecular weight excluding hydrogens is 1810 g/mol. The first kappa shape index (κ1) is 95.1. The minimum atomic E-state index is -0.523. The predicted octanol–water partition coefficient (Wildman–Crippen LogP) is 26.7. The lowest BCUT2D eigenvalue weighted by molar-refractivity contribution is -0.122. The van der Waals surface area contributed by atoms with Crippen molar-refractivity contribution in [1.29, 1.82) is 0 Å². The Hall–Kier alpha value is -17.1. The van der Waals surface area contributed by atoms with E-state index in [1.807, 2.05) is 209 Å². The number of nitrogens with zero attached hydrogens (tertiary/aromatic N) is 15. The van der Waals surface area contributed by atoms with Gasteiger partial charge in [-0.2, -0.15) is 20.4 Å². The number of hydrogen-bond acceptors (Lipinski definition) is 12. The number of halogens is 1. The highest BCUT2D eigenvalue weighted by atomic mass is 19.1. The molecule has 0 amide bonds. The van der Waals surface area contributed by atoms with Gasteiger partial charge in [0, 0.05) is 126 Å². The minimum absolute atomic E-state index is 0.0352. The third-order valence-corrected chi connectivity index (χ3v) is 32.3. The number of aryl methyl sites for hydroxylation is 2. The SMILES string of the molecule is [C-]#[N+]C1=C[C@@]2(C)c3c(c(-c4ccccc4)nn3-c3ccc(-c4c(C)noc4C)cc3)CC[C@@H]2[C@@H](C)C1=O.[C-]#[N+]C1=C[C@@]2(C)c3c(c(-c4ccccc4)nn3-c3ccc(-c4ccccc4F)cc3)CC[C@@H]2[C@@H](C)C1=O.[C-]#[N+]C1=C[C@@]2(C)c3c(c(-c4ccccc4)nn3-c3ccc(-c4cccnc4)cc3)CC[C@@H]2[C@@H](C)C1=O.[C-]#[N+]C1=C[C@@]2(C)c3c(c(-c4ccccc4)nn3-c3ccc(-c4ccncc4)cc3)CC[C@@H]2[C@@H](C)C1=O. The first-order valence-corrected chi connectivity index (χ1v) is 50.0. The third-order valence-electron chi connectivity index (χ3n) is 32.3. The van der Waals surface area contributed by atoms with Crippen LogP contribution in [0.15, 0.2) is 343 Å². The number of Topliss-reactive ketones (excluding diaryl/α,β-unsaturated/α-hetero) is 4. The molecule has 0 saturated heterocycles. The number of aromatic nitrogens is 11. The molecule has 7 aromatic heterocycles. The summed E-state index contributed by atoms with van der Waals surface area (Å²) in [5.41, 5.74) is 28.5. The van der Waals surface area contributed by atoms with Crippen LogP contribution in [0.2, 0.25) is 0 Å². The van der Waals surface area contributed by atoms with Crippen molar-refractivity contribution in [3.8, 4) is 112 Å². The summed E-state index contributed by atoms with van der Waals surface area (Å²) in [6, 6.07) is 88.6. The van der Waals surface area contributed by atoms with Crippen LogP contribution in [0, 0.1) is 93.3 Å². The highest BCUT2D eigenvalue weighted by Gasteiger charge is 2.56. The largest absolute Gasteiger partial charge is 0.361 e. The van der Waals surface area contributed by atoms with E-state index < -0.39 is 21.7 Å². The van der Waals surface area contributed by atoms with E-state index in [4.69, 9.17) is 51.2 Å². The molecule has 0 saturated carbocycles. The van der Waals surface area contributed by atoms with Gasteiger partial charge < -0.3 is 23.7 Å². The van der Waals surface area contributed by atoms with Crippen LogP contribution in [-0.4, -0.2) is 77.4 Å². The molecule has 718 valence electrons. The van der Waals surface area contributed by atoms with Crippen molar-refractivity contribution >= 4 is 23.1 Å². The molecule has 20 nitrogen and oxygen atoms in total. The van der Waals surface area contributed by atoms with Gasteiger partial charge in [-0.3, -0.25) is 9.97 Å². The van der Waals surface area contributed by atoms with Crippen LogP contribution >= 0.6 is 0 Å². The van der Waals surface area contributed by atoms with E-state index in [1.54, 1.807) is 30.7 Å². The van der Waals surface area contributed by atoms with E-state index in [2.05, 4.69) is 193 Å². The summed E-state index contributed by atoms with van der Waals surface area (Å²) in [4.78, 5) is 74.5. The Morgan fingerprint density at radius 3 is 0.890 bits per heavy atom. The molecule has 9 aromatic carbocycles. The highest BCUT2D eigenvalue weighted by molar-refractivity contribution is 6.03. The van der Waals surface area contributed by atoms with Crippen LogP contribution in [0.4, 0.5) is 4.39 Å². The molecule has 0 unspecified atom stereocenters. The molecule has 0 aliphatic heterocycles. The maximum atomic E-state index is 14.4. The van der Waals surface area contributed by atoms with Gasteiger partial charge in [0.15, 0.2) is 23.1 Å². The summed E-state index contributed by atoms with van der Waals surface area (Å²) in [6.45, 7) is 51.1. The fraction of sp³-hybridized carbons (Fsp3) is 0.240. The molecule has 0 fully saturated rings. The van der Waals surface area contributed by atoms with Gasteiger partial charge in [-0.05, 0) is 195 Å².